The van der Waals surface area contributed by atoms with Crippen LogP contribution in [0.25, 0.3) is 5.69 Å². The molecule has 1 amide bonds. The Labute approximate surface area is 189 Å². The fourth-order valence-electron chi connectivity index (χ4n) is 3.12. The van der Waals surface area contributed by atoms with E-state index >= 15 is 0 Å². The van der Waals surface area contributed by atoms with E-state index in [2.05, 4.69) is 27.2 Å². The molecule has 0 saturated carbocycles. The zero-order valence-electron chi connectivity index (χ0n) is 17.8. The highest BCUT2D eigenvalue weighted by molar-refractivity contribution is 7.99. The van der Waals surface area contributed by atoms with E-state index in [1.54, 1.807) is 18.5 Å². The molecule has 10 heteroatoms. The highest BCUT2D eigenvalue weighted by atomic mass is 32.2. The molecule has 170 valence electrons. The number of methoxy groups -OCH3 is 1. The van der Waals surface area contributed by atoms with Crippen molar-refractivity contribution in [2.45, 2.75) is 31.5 Å². The van der Waals surface area contributed by atoms with E-state index in [1.807, 2.05) is 28.8 Å². The van der Waals surface area contributed by atoms with Gasteiger partial charge in [-0.1, -0.05) is 43.0 Å². The third-order valence-electron chi connectivity index (χ3n) is 4.66. The van der Waals surface area contributed by atoms with Crippen molar-refractivity contribution in [1.82, 2.24) is 20.1 Å². The zero-order chi connectivity index (χ0) is 22.9. The molecule has 1 N–H and O–H groups in total. The summed E-state index contributed by atoms with van der Waals surface area (Å²) in [5.74, 6) is 0.206. The Kier molecular flexibility index (Phi) is 8.43. The quantitative estimate of drug-likeness (QED) is 0.436. The van der Waals surface area contributed by atoms with Crippen molar-refractivity contribution in [2.75, 3.05) is 19.4 Å². The molecule has 0 aliphatic carbocycles. The summed E-state index contributed by atoms with van der Waals surface area (Å²) < 4.78 is 36.5. The van der Waals surface area contributed by atoms with Crippen molar-refractivity contribution < 1.29 is 23.0 Å². The number of ether oxygens (including phenoxy) is 2. The fraction of sp³-hybridized carbons (Fsp3) is 0.318. The number of carbonyl (C=O) groups is 1. The summed E-state index contributed by atoms with van der Waals surface area (Å²) in [6.45, 7) is -0.512. The van der Waals surface area contributed by atoms with Crippen molar-refractivity contribution in [3.05, 3.63) is 59.9 Å². The third kappa shape index (κ3) is 6.19. The summed E-state index contributed by atoms with van der Waals surface area (Å²) in [4.78, 5) is 12.3. The molecule has 1 aromatic heterocycles. The number of aromatic nitrogens is 3. The topological polar surface area (TPSA) is 78.3 Å². The highest BCUT2D eigenvalue weighted by Gasteiger charge is 2.13. The minimum atomic E-state index is -2.94. The molecule has 0 atom stereocenters. The number of rotatable bonds is 11. The van der Waals surface area contributed by atoms with E-state index in [4.69, 9.17) is 4.74 Å². The molecule has 2 aromatic carbocycles. The van der Waals surface area contributed by atoms with Gasteiger partial charge in [-0.2, -0.15) is 8.78 Å². The van der Waals surface area contributed by atoms with Gasteiger partial charge >= 0.3 is 6.61 Å². The third-order valence-corrected chi connectivity index (χ3v) is 5.60. The number of nitrogens with zero attached hydrogens (tertiary/aromatic N) is 3. The van der Waals surface area contributed by atoms with Gasteiger partial charge in [0, 0.05) is 6.54 Å². The summed E-state index contributed by atoms with van der Waals surface area (Å²) in [6.07, 6.45) is 2.96. The van der Waals surface area contributed by atoms with Crippen molar-refractivity contribution in [3.63, 3.8) is 0 Å². The summed E-state index contributed by atoms with van der Waals surface area (Å²) in [6, 6.07) is 12.8. The van der Waals surface area contributed by atoms with E-state index in [-0.39, 0.29) is 23.2 Å². The lowest BCUT2D eigenvalue weighted by molar-refractivity contribution is -0.118. The SMILES string of the molecule is CCc1ccccc1-n1cnnc1SCC(=O)NCCc1ccc(OC)c(OC(F)F)c1. The molecular weight excluding hydrogens is 438 g/mol. The van der Waals surface area contributed by atoms with E-state index in [0.29, 0.717) is 18.1 Å². The largest absolute Gasteiger partial charge is 0.493 e. The Balaban J connectivity index is 1.52. The summed E-state index contributed by atoms with van der Waals surface area (Å²) in [5.41, 5.74) is 2.89. The van der Waals surface area contributed by atoms with Gasteiger partial charge in [-0.05, 0) is 42.2 Å². The van der Waals surface area contributed by atoms with Crippen LogP contribution >= 0.6 is 11.8 Å². The number of amides is 1. The second-order valence-electron chi connectivity index (χ2n) is 6.72. The molecule has 0 bridgehead atoms. The van der Waals surface area contributed by atoms with Crippen LogP contribution in [0.1, 0.15) is 18.1 Å². The maximum absolute atomic E-state index is 12.6. The van der Waals surface area contributed by atoms with Crippen LogP contribution in [0.5, 0.6) is 11.5 Å². The second kappa shape index (κ2) is 11.5. The number of nitrogens with one attached hydrogen (secondary N) is 1. The summed E-state index contributed by atoms with van der Waals surface area (Å²) in [5, 5.41) is 11.6. The number of thioether (sulfide) groups is 1. The highest BCUT2D eigenvalue weighted by Crippen LogP contribution is 2.29. The predicted molar refractivity (Wildman–Crippen MR) is 118 cm³/mol. The minimum absolute atomic E-state index is 0.0337. The average molecular weight is 463 g/mol. The van der Waals surface area contributed by atoms with Crippen LogP contribution in [-0.4, -0.2) is 46.7 Å². The van der Waals surface area contributed by atoms with E-state index in [9.17, 15) is 13.6 Å². The van der Waals surface area contributed by atoms with Crippen LogP contribution < -0.4 is 14.8 Å². The molecule has 0 unspecified atom stereocenters. The first-order chi connectivity index (χ1) is 15.5. The normalized spacial score (nSPS) is 10.9. The Hall–Kier alpha value is -3.14. The lowest BCUT2D eigenvalue weighted by Crippen LogP contribution is -2.27. The molecule has 1 heterocycles. The van der Waals surface area contributed by atoms with E-state index in [1.165, 1.54) is 24.9 Å². The van der Waals surface area contributed by atoms with Crippen LogP contribution in [0.3, 0.4) is 0 Å². The minimum Gasteiger partial charge on any atom is -0.493 e. The molecule has 0 saturated heterocycles. The number of aryl methyl sites for hydroxylation is 1. The number of alkyl halides is 2. The van der Waals surface area contributed by atoms with Gasteiger partial charge in [0.25, 0.3) is 0 Å². The molecule has 0 aliphatic heterocycles. The van der Waals surface area contributed by atoms with Crippen LogP contribution in [0.2, 0.25) is 0 Å². The van der Waals surface area contributed by atoms with Gasteiger partial charge in [0.15, 0.2) is 16.7 Å². The summed E-state index contributed by atoms with van der Waals surface area (Å²) >= 11 is 1.29. The maximum atomic E-state index is 12.6. The number of hydrogen-bond donors (Lipinski definition) is 1. The van der Waals surface area contributed by atoms with Crippen molar-refractivity contribution in [1.29, 1.82) is 0 Å². The van der Waals surface area contributed by atoms with Gasteiger partial charge in [-0.3, -0.25) is 9.36 Å². The molecule has 0 aliphatic rings. The monoisotopic (exact) mass is 462 g/mol. The van der Waals surface area contributed by atoms with Gasteiger partial charge in [0.05, 0.1) is 18.6 Å². The first-order valence-electron chi connectivity index (χ1n) is 10.0. The second-order valence-corrected chi connectivity index (χ2v) is 7.66. The van der Waals surface area contributed by atoms with E-state index < -0.39 is 6.61 Å². The summed E-state index contributed by atoms with van der Waals surface area (Å²) in [7, 11) is 1.38. The Morgan fingerprint density at radius 1 is 1.22 bits per heavy atom. The van der Waals surface area contributed by atoms with Crippen LogP contribution in [-0.2, 0) is 17.6 Å². The molecular formula is C22H24F2N4O3S. The molecule has 7 nitrogen and oxygen atoms in total. The molecule has 32 heavy (non-hydrogen) atoms. The average Bonchev–Trinajstić information content (AvgIpc) is 3.26. The fourth-order valence-corrected chi connectivity index (χ4v) is 3.88. The standard InChI is InChI=1S/C22H24F2N4O3S/c1-3-16-6-4-5-7-17(16)28-14-26-27-22(28)32-13-20(29)25-11-10-15-8-9-18(30-2)19(12-15)31-21(23)24/h4-9,12,14,21H,3,10-11,13H2,1-2H3,(H,25,29). The van der Waals surface area contributed by atoms with Crippen LogP contribution in [0.4, 0.5) is 8.78 Å². The van der Waals surface area contributed by atoms with Crippen molar-refractivity contribution in [2.24, 2.45) is 0 Å². The van der Waals surface area contributed by atoms with Crippen molar-refractivity contribution >= 4 is 17.7 Å². The number of para-hydroxylation sites is 1. The molecule has 0 fully saturated rings. The van der Waals surface area contributed by atoms with Crippen molar-refractivity contribution in [3.8, 4) is 17.2 Å². The van der Waals surface area contributed by atoms with Crippen LogP contribution in [0, 0.1) is 0 Å². The van der Waals surface area contributed by atoms with Gasteiger partial charge in [0.2, 0.25) is 5.91 Å². The number of carbonyl (C=O) groups excluding carboxylic acids is 1. The predicted octanol–water partition coefficient (Wildman–Crippen LogP) is 3.89. The molecule has 3 rings (SSSR count). The number of benzene rings is 2. The number of halogens is 2. The zero-order valence-corrected chi connectivity index (χ0v) is 18.6. The van der Waals surface area contributed by atoms with Gasteiger partial charge in [0.1, 0.15) is 6.33 Å². The van der Waals surface area contributed by atoms with Gasteiger partial charge in [-0.15, -0.1) is 10.2 Å². The molecule has 3 aromatic rings. The Morgan fingerprint density at radius 2 is 2.03 bits per heavy atom. The lowest BCUT2D eigenvalue weighted by Gasteiger charge is -2.12. The molecule has 0 spiro atoms. The maximum Gasteiger partial charge on any atom is 0.387 e. The molecule has 0 radical (unpaired) electrons. The van der Waals surface area contributed by atoms with Crippen LogP contribution in [0.15, 0.2) is 53.9 Å². The van der Waals surface area contributed by atoms with Gasteiger partial charge < -0.3 is 14.8 Å². The Bertz CT molecular complexity index is 1050. The lowest BCUT2D eigenvalue weighted by atomic mass is 10.1. The first-order valence-corrected chi connectivity index (χ1v) is 11.0. The Morgan fingerprint density at radius 3 is 2.78 bits per heavy atom. The van der Waals surface area contributed by atoms with E-state index in [0.717, 1.165) is 23.2 Å². The smallest absolute Gasteiger partial charge is 0.387 e. The number of hydrogen-bond acceptors (Lipinski definition) is 6. The van der Waals surface area contributed by atoms with Gasteiger partial charge in [-0.25, -0.2) is 0 Å². The first kappa shape index (κ1) is 23.5.